The zero-order valence-corrected chi connectivity index (χ0v) is 9.00. The van der Waals surface area contributed by atoms with Crippen LogP contribution in [0.3, 0.4) is 0 Å². The number of aliphatic hydroxyl groups excluding tert-OH is 1. The van der Waals surface area contributed by atoms with Gasteiger partial charge >= 0.3 is 0 Å². The summed E-state index contributed by atoms with van der Waals surface area (Å²) in [5.74, 6) is 0.176. The molecule has 0 aliphatic rings. The highest BCUT2D eigenvalue weighted by Crippen LogP contribution is 2.22. The lowest BCUT2D eigenvalue weighted by atomic mass is 10.1. The highest BCUT2D eigenvalue weighted by atomic mass is 19.1. The number of halogens is 1. The van der Waals surface area contributed by atoms with Crippen LogP contribution in [-0.4, -0.2) is 24.8 Å². The molecule has 1 aromatic carbocycles. The van der Waals surface area contributed by atoms with Crippen molar-refractivity contribution in [2.24, 2.45) is 0 Å². The molecule has 0 atom stereocenters. The quantitative estimate of drug-likeness (QED) is 0.801. The van der Waals surface area contributed by atoms with Crippen molar-refractivity contribution in [1.29, 1.82) is 0 Å². The maximum absolute atomic E-state index is 11.9. The smallest absolute Gasteiger partial charge is 0.227 e. The number of hydrogen-bond donors (Lipinski definition) is 2. The van der Waals surface area contributed by atoms with E-state index in [0.29, 0.717) is 17.0 Å². The Morgan fingerprint density at radius 3 is 2.88 bits per heavy atom. The van der Waals surface area contributed by atoms with Crippen LogP contribution < -0.4 is 10.1 Å². The molecule has 0 bridgehead atoms. The number of amides is 1. The summed E-state index contributed by atoms with van der Waals surface area (Å²) in [6, 6.07) is 4.88. The molecule has 1 rings (SSSR count). The van der Waals surface area contributed by atoms with E-state index in [0.717, 1.165) is 0 Å². The molecule has 0 aliphatic heterocycles. The van der Waals surface area contributed by atoms with Crippen molar-refractivity contribution >= 4 is 11.6 Å². The Balaban J connectivity index is 2.83. The summed E-state index contributed by atoms with van der Waals surface area (Å²) in [6.07, 6.45) is -0.184. The number of alkyl halides is 1. The van der Waals surface area contributed by atoms with Crippen molar-refractivity contribution in [3.05, 3.63) is 23.8 Å². The molecule has 0 unspecified atom stereocenters. The number of anilines is 1. The Labute approximate surface area is 93.0 Å². The van der Waals surface area contributed by atoms with Crippen LogP contribution in [0.5, 0.6) is 5.75 Å². The molecule has 0 aliphatic carbocycles. The van der Waals surface area contributed by atoms with Crippen molar-refractivity contribution < 1.29 is 19.0 Å². The second-order valence-electron chi connectivity index (χ2n) is 3.17. The van der Waals surface area contributed by atoms with E-state index < -0.39 is 12.6 Å². The monoisotopic (exact) mass is 227 g/mol. The van der Waals surface area contributed by atoms with Gasteiger partial charge in [0.05, 0.1) is 26.8 Å². The molecule has 5 heteroatoms. The van der Waals surface area contributed by atoms with Gasteiger partial charge < -0.3 is 15.2 Å². The van der Waals surface area contributed by atoms with E-state index in [2.05, 4.69) is 5.32 Å². The third-order valence-corrected chi connectivity index (χ3v) is 2.08. The van der Waals surface area contributed by atoms with Gasteiger partial charge in [0, 0.05) is 11.3 Å². The number of carbonyl (C=O) groups is 1. The van der Waals surface area contributed by atoms with E-state index in [1.54, 1.807) is 18.2 Å². The highest BCUT2D eigenvalue weighted by molar-refractivity contribution is 5.91. The minimum atomic E-state index is -0.698. The fourth-order valence-electron chi connectivity index (χ4n) is 1.25. The van der Waals surface area contributed by atoms with Crippen LogP contribution in [0, 0.1) is 0 Å². The van der Waals surface area contributed by atoms with Crippen molar-refractivity contribution in [3.8, 4) is 5.75 Å². The maximum Gasteiger partial charge on any atom is 0.227 e. The van der Waals surface area contributed by atoms with Gasteiger partial charge in [0.1, 0.15) is 5.75 Å². The molecule has 0 saturated carbocycles. The maximum atomic E-state index is 11.9. The first kappa shape index (κ1) is 12.4. The van der Waals surface area contributed by atoms with Crippen LogP contribution >= 0.6 is 0 Å². The Morgan fingerprint density at radius 1 is 1.56 bits per heavy atom. The van der Waals surface area contributed by atoms with Gasteiger partial charge in [0.25, 0.3) is 0 Å². The lowest BCUT2D eigenvalue weighted by molar-refractivity contribution is -0.116. The standard InChI is InChI=1S/C11H14FNO3/c1-16-9-2-3-10(8(6-9)7-14)13-11(15)4-5-12/h2-3,6,14H,4-5,7H2,1H3,(H,13,15). The first-order chi connectivity index (χ1) is 7.71. The Morgan fingerprint density at radius 2 is 2.31 bits per heavy atom. The molecule has 0 saturated heterocycles. The number of aliphatic hydroxyl groups is 1. The zero-order valence-electron chi connectivity index (χ0n) is 9.00. The number of nitrogens with one attached hydrogen (secondary N) is 1. The van der Waals surface area contributed by atoms with Crippen molar-refractivity contribution in [2.75, 3.05) is 19.1 Å². The summed E-state index contributed by atoms with van der Waals surface area (Å²) in [5, 5.41) is 11.6. The molecule has 0 radical (unpaired) electrons. The van der Waals surface area contributed by atoms with Crippen molar-refractivity contribution in [2.45, 2.75) is 13.0 Å². The van der Waals surface area contributed by atoms with Gasteiger partial charge in [-0.3, -0.25) is 9.18 Å². The predicted octanol–water partition coefficient (Wildman–Crippen LogP) is 1.49. The third-order valence-electron chi connectivity index (χ3n) is 2.08. The molecule has 0 aromatic heterocycles. The average molecular weight is 227 g/mol. The highest BCUT2D eigenvalue weighted by Gasteiger charge is 2.07. The van der Waals surface area contributed by atoms with Gasteiger partial charge in [-0.25, -0.2) is 0 Å². The molecule has 1 aromatic rings. The fourth-order valence-corrected chi connectivity index (χ4v) is 1.25. The normalized spacial score (nSPS) is 9.94. The van der Waals surface area contributed by atoms with Crippen LogP contribution in [0.15, 0.2) is 18.2 Å². The number of rotatable bonds is 5. The minimum absolute atomic E-state index is 0.184. The lowest BCUT2D eigenvalue weighted by Gasteiger charge is -2.10. The van der Waals surface area contributed by atoms with Crippen molar-refractivity contribution in [1.82, 2.24) is 0 Å². The molecule has 88 valence electrons. The van der Waals surface area contributed by atoms with Gasteiger partial charge in [-0.15, -0.1) is 0 Å². The summed E-state index contributed by atoms with van der Waals surface area (Å²) < 4.78 is 16.9. The number of ether oxygens (including phenoxy) is 1. The van der Waals surface area contributed by atoms with Crippen molar-refractivity contribution in [3.63, 3.8) is 0 Å². The first-order valence-corrected chi connectivity index (χ1v) is 4.85. The van der Waals surface area contributed by atoms with Gasteiger partial charge in [0.2, 0.25) is 5.91 Å². The van der Waals surface area contributed by atoms with E-state index in [1.165, 1.54) is 7.11 Å². The summed E-state index contributed by atoms with van der Waals surface area (Å²) in [7, 11) is 1.51. The summed E-state index contributed by atoms with van der Waals surface area (Å²) in [6.45, 7) is -0.918. The van der Waals surface area contributed by atoms with Gasteiger partial charge in [-0.2, -0.15) is 0 Å². The van der Waals surface area contributed by atoms with Crippen LogP contribution in [0.25, 0.3) is 0 Å². The SMILES string of the molecule is COc1ccc(NC(=O)CCF)c(CO)c1. The molecule has 1 amide bonds. The molecule has 0 fully saturated rings. The zero-order chi connectivity index (χ0) is 12.0. The summed E-state index contributed by atoms with van der Waals surface area (Å²) >= 11 is 0. The molecular weight excluding hydrogens is 213 g/mol. The Hall–Kier alpha value is -1.62. The third kappa shape index (κ3) is 3.20. The number of methoxy groups -OCH3 is 1. The Kier molecular flexibility index (Phi) is 4.72. The van der Waals surface area contributed by atoms with Crippen LogP contribution in [-0.2, 0) is 11.4 Å². The molecule has 16 heavy (non-hydrogen) atoms. The molecular formula is C11H14FNO3. The predicted molar refractivity (Wildman–Crippen MR) is 58.1 cm³/mol. The van der Waals surface area contributed by atoms with Crippen LogP contribution in [0.1, 0.15) is 12.0 Å². The molecule has 2 N–H and O–H groups in total. The Bertz CT molecular complexity index is 368. The van der Waals surface area contributed by atoms with E-state index in [-0.39, 0.29) is 13.0 Å². The van der Waals surface area contributed by atoms with Gasteiger partial charge in [-0.1, -0.05) is 0 Å². The minimum Gasteiger partial charge on any atom is -0.497 e. The van der Waals surface area contributed by atoms with Gasteiger partial charge in [0.15, 0.2) is 0 Å². The summed E-state index contributed by atoms with van der Waals surface area (Å²) in [5.41, 5.74) is 1.01. The largest absolute Gasteiger partial charge is 0.497 e. The van der Waals surface area contributed by atoms with E-state index in [1.807, 2.05) is 0 Å². The molecule has 0 heterocycles. The summed E-state index contributed by atoms with van der Waals surface area (Å²) in [4.78, 5) is 11.2. The molecule has 0 spiro atoms. The van der Waals surface area contributed by atoms with E-state index in [4.69, 9.17) is 9.84 Å². The van der Waals surface area contributed by atoms with Crippen LogP contribution in [0.2, 0.25) is 0 Å². The fraction of sp³-hybridized carbons (Fsp3) is 0.364. The van der Waals surface area contributed by atoms with Gasteiger partial charge in [-0.05, 0) is 18.2 Å². The van der Waals surface area contributed by atoms with E-state index >= 15 is 0 Å². The first-order valence-electron chi connectivity index (χ1n) is 4.85. The lowest BCUT2D eigenvalue weighted by Crippen LogP contribution is -2.13. The number of hydrogen-bond acceptors (Lipinski definition) is 3. The topological polar surface area (TPSA) is 58.6 Å². The second kappa shape index (κ2) is 6.07. The van der Waals surface area contributed by atoms with Crippen LogP contribution in [0.4, 0.5) is 10.1 Å². The van der Waals surface area contributed by atoms with E-state index in [9.17, 15) is 9.18 Å². The molecule has 4 nitrogen and oxygen atoms in total. The number of carbonyl (C=O) groups excluding carboxylic acids is 1. The average Bonchev–Trinajstić information content (AvgIpc) is 2.30. The second-order valence-corrected chi connectivity index (χ2v) is 3.17. The number of benzene rings is 1.